The Morgan fingerprint density at radius 3 is 2.61 bits per heavy atom. The predicted octanol–water partition coefficient (Wildman–Crippen LogP) is 4.62. The summed E-state index contributed by atoms with van der Waals surface area (Å²) in [6.07, 6.45) is 2.31. The van der Waals surface area contributed by atoms with Gasteiger partial charge in [0.25, 0.3) is 0 Å². The van der Waals surface area contributed by atoms with Crippen molar-refractivity contribution >= 4 is 15.9 Å². The molecular weight excluding hydrogens is 295 g/mol. The van der Waals surface area contributed by atoms with Gasteiger partial charge in [0.05, 0.1) is 10.1 Å². The maximum Gasteiger partial charge on any atom is 0.143 e. The van der Waals surface area contributed by atoms with E-state index in [1.807, 2.05) is 0 Å². The topological polar surface area (TPSA) is 20.2 Å². The smallest absolute Gasteiger partial charge is 0.143 e. The maximum atomic E-state index is 14.2. The molecule has 0 bridgehead atoms. The molecule has 0 aromatic heterocycles. The molecule has 0 aliphatic heterocycles. The van der Waals surface area contributed by atoms with Gasteiger partial charge in [-0.1, -0.05) is 32.9 Å². The standard InChI is InChI=1S/C15H20BrFO/c1-10-7-14(2,3)9-15(18,8-10)11-5-4-6-12(16)13(11)17/h4-6,10,18H,7-9H2,1-3H3. The minimum absolute atomic E-state index is 0.0428. The summed E-state index contributed by atoms with van der Waals surface area (Å²) in [7, 11) is 0. The molecule has 18 heavy (non-hydrogen) atoms. The first-order chi connectivity index (χ1) is 8.23. The molecule has 1 aromatic rings. The van der Waals surface area contributed by atoms with Crippen LogP contribution in [0.4, 0.5) is 4.39 Å². The summed E-state index contributed by atoms with van der Waals surface area (Å²) >= 11 is 3.19. The Bertz CT molecular complexity index is 458. The van der Waals surface area contributed by atoms with E-state index in [0.29, 0.717) is 28.8 Å². The maximum absolute atomic E-state index is 14.2. The lowest BCUT2D eigenvalue weighted by Crippen LogP contribution is -2.40. The molecule has 2 atom stereocenters. The molecule has 1 saturated carbocycles. The summed E-state index contributed by atoms with van der Waals surface area (Å²) in [5, 5.41) is 10.9. The molecule has 1 nitrogen and oxygen atoms in total. The Morgan fingerprint density at radius 1 is 1.33 bits per heavy atom. The minimum atomic E-state index is -1.05. The Hall–Kier alpha value is -0.410. The van der Waals surface area contributed by atoms with Crippen molar-refractivity contribution in [2.45, 2.75) is 45.6 Å². The minimum Gasteiger partial charge on any atom is -0.385 e. The van der Waals surface area contributed by atoms with Crippen molar-refractivity contribution in [1.82, 2.24) is 0 Å². The van der Waals surface area contributed by atoms with Crippen molar-refractivity contribution in [1.29, 1.82) is 0 Å². The fourth-order valence-corrected chi connectivity index (χ4v) is 3.96. The lowest BCUT2D eigenvalue weighted by atomic mass is 9.64. The monoisotopic (exact) mass is 314 g/mol. The highest BCUT2D eigenvalue weighted by atomic mass is 79.9. The number of hydrogen-bond acceptors (Lipinski definition) is 1. The summed E-state index contributed by atoms with van der Waals surface area (Å²) in [6.45, 7) is 6.41. The van der Waals surface area contributed by atoms with Crippen LogP contribution in [0.5, 0.6) is 0 Å². The molecule has 3 heteroatoms. The SMILES string of the molecule is CC1CC(C)(C)CC(O)(c2cccc(Br)c2F)C1. The van der Waals surface area contributed by atoms with Gasteiger partial charge < -0.3 is 5.11 Å². The Balaban J connectivity index is 2.44. The molecule has 0 spiro atoms. The first kappa shape index (κ1) is 14.0. The quantitative estimate of drug-likeness (QED) is 0.801. The second-order valence-corrected chi connectivity index (χ2v) is 7.34. The first-order valence-electron chi connectivity index (χ1n) is 6.40. The zero-order valence-electron chi connectivity index (χ0n) is 11.1. The average molecular weight is 315 g/mol. The lowest BCUT2D eigenvalue weighted by Gasteiger charge is -2.45. The Kier molecular flexibility index (Phi) is 3.58. The van der Waals surface area contributed by atoms with Gasteiger partial charge in [-0.25, -0.2) is 4.39 Å². The van der Waals surface area contributed by atoms with Gasteiger partial charge in [0.1, 0.15) is 5.82 Å². The van der Waals surface area contributed by atoms with E-state index in [-0.39, 0.29) is 11.2 Å². The number of benzene rings is 1. The Morgan fingerprint density at radius 2 is 2.00 bits per heavy atom. The zero-order chi connectivity index (χ0) is 13.6. The van der Waals surface area contributed by atoms with Gasteiger partial charge >= 0.3 is 0 Å². The second kappa shape index (κ2) is 4.61. The average Bonchev–Trinajstić information content (AvgIpc) is 2.18. The van der Waals surface area contributed by atoms with Gasteiger partial charge in [-0.15, -0.1) is 0 Å². The van der Waals surface area contributed by atoms with E-state index in [1.165, 1.54) is 0 Å². The van der Waals surface area contributed by atoms with Crippen molar-refractivity contribution in [3.63, 3.8) is 0 Å². The van der Waals surface area contributed by atoms with Crippen LogP contribution in [0, 0.1) is 17.2 Å². The molecule has 2 rings (SSSR count). The molecule has 1 aliphatic carbocycles. The molecule has 0 radical (unpaired) electrons. The number of hydrogen-bond donors (Lipinski definition) is 1. The molecule has 100 valence electrons. The summed E-state index contributed by atoms with van der Waals surface area (Å²) in [5.74, 6) is 0.0713. The molecule has 1 aromatic carbocycles. The van der Waals surface area contributed by atoms with E-state index in [4.69, 9.17) is 0 Å². The summed E-state index contributed by atoms with van der Waals surface area (Å²) < 4.78 is 14.6. The van der Waals surface area contributed by atoms with Crippen LogP contribution in [0.15, 0.2) is 22.7 Å². The van der Waals surface area contributed by atoms with Crippen molar-refractivity contribution < 1.29 is 9.50 Å². The number of rotatable bonds is 1. The van der Waals surface area contributed by atoms with Crippen LogP contribution < -0.4 is 0 Å². The highest BCUT2D eigenvalue weighted by Gasteiger charge is 2.44. The van der Waals surface area contributed by atoms with Gasteiger partial charge in [0.15, 0.2) is 0 Å². The highest BCUT2D eigenvalue weighted by Crippen LogP contribution is 2.49. The third kappa shape index (κ3) is 2.62. The molecule has 2 unspecified atom stereocenters. The van der Waals surface area contributed by atoms with E-state index in [2.05, 4.69) is 36.7 Å². The van der Waals surface area contributed by atoms with Crippen LogP contribution in [-0.4, -0.2) is 5.11 Å². The van der Waals surface area contributed by atoms with Crippen LogP contribution in [0.1, 0.15) is 45.6 Å². The number of aliphatic hydroxyl groups is 1. The fraction of sp³-hybridized carbons (Fsp3) is 0.600. The van der Waals surface area contributed by atoms with E-state index >= 15 is 0 Å². The summed E-state index contributed by atoms with van der Waals surface area (Å²) in [5.41, 5.74) is -0.576. The molecule has 1 aliphatic rings. The molecule has 1 N–H and O–H groups in total. The van der Waals surface area contributed by atoms with Crippen molar-refractivity contribution in [3.8, 4) is 0 Å². The largest absolute Gasteiger partial charge is 0.385 e. The lowest BCUT2D eigenvalue weighted by molar-refractivity contribution is -0.0657. The third-order valence-electron chi connectivity index (χ3n) is 3.81. The van der Waals surface area contributed by atoms with Crippen LogP contribution in [0.2, 0.25) is 0 Å². The third-order valence-corrected chi connectivity index (χ3v) is 4.42. The Labute approximate surface area is 117 Å². The van der Waals surface area contributed by atoms with Gasteiger partial charge in [-0.05, 0) is 52.6 Å². The molecular formula is C15H20BrFO. The predicted molar refractivity (Wildman–Crippen MR) is 74.8 cm³/mol. The van der Waals surface area contributed by atoms with Crippen molar-refractivity contribution in [2.75, 3.05) is 0 Å². The van der Waals surface area contributed by atoms with Crippen LogP contribution >= 0.6 is 15.9 Å². The highest BCUT2D eigenvalue weighted by molar-refractivity contribution is 9.10. The normalized spacial score (nSPS) is 31.3. The van der Waals surface area contributed by atoms with Crippen molar-refractivity contribution in [2.24, 2.45) is 11.3 Å². The van der Waals surface area contributed by atoms with E-state index in [1.54, 1.807) is 18.2 Å². The van der Waals surface area contributed by atoms with Gasteiger partial charge in [0, 0.05) is 5.56 Å². The molecule has 0 heterocycles. The first-order valence-corrected chi connectivity index (χ1v) is 7.20. The van der Waals surface area contributed by atoms with Crippen LogP contribution in [0.25, 0.3) is 0 Å². The zero-order valence-corrected chi connectivity index (χ0v) is 12.7. The summed E-state index contributed by atoms with van der Waals surface area (Å²) in [4.78, 5) is 0. The van der Waals surface area contributed by atoms with Crippen LogP contribution in [-0.2, 0) is 5.60 Å². The molecule has 1 fully saturated rings. The van der Waals surface area contributed by atoms with Gasteiger partial charge in [0.2, 0.25) is 0 Å². The summed E-state index contributed by atoms with van der Waals surface area (Å²) in [6, 6.07) is 5.15. The second-order valence-electron chi connectivity index (χ2n) is 6.49. The van der Waals surface area contributed by atoms with Gasteiger partial charge in [-0.3, -0.25) is 0 Å². The molecule has 0 saturated heterocycles. The van der Waals surface area contributed by atoms with Crippen LogP contribution in [0.3, 0.4) is 0 Å². The van der Waals surface area contributed by atoms with Crippen molar-refractivity contribution in [3.05, 3.63) is 34.1 Å². The van der Waals surface area contributed by atoms with E-state index in [9.17, 15) is 9.50 Å². The van der Waals surface area contributed by atoms with E-state index < -0.39 is 5.60 Å². The fourth-order valence-electron chi connectivity index (χ4n) is 3.60. The van der Waals surface area contributed by atoms with E-state index in [0.717, 1.165) is 6.42 Å². The number of halogens is 2. The molecule has 0 amide bonds. The van der Waals surface area contributed by atoms with Gasteiger partial charge in [-0.2, -0.15) is 0 Å².